The van der Waals surface area contributed by atoms with Crippen molar-refractivity contribution in [1.82, 2.24) is 9.97 Å². The number of hydrogen-bond acceptors (Lipinski definition) is 4. The molecule has 0 amide bonds. The van der Waals surface area contributed by atoms with E-state index in [2.05, 4.69) is 9.97 Å². The van der Waals surface area contributed by atoms with Gasteiger partial charge in [-0.3, -0.25) is 4.79 Å². The number of ketones is 1. The number of carbonyl (C=O) groups excluding carboxylic acids is 1. The first-order chi connectivity index (χ1) is 8.78. The van der Waals surface area contributed by atoms with Gasteiger partial charge in [0.15, 0.2) is 5.78 Å². The Bertz CT molecular complexity index is 701. The first kappa shape index (κ1) is 11.1. The van der Waals surface area contributed by atoms with Gasteiger partial charge in [0.1, 0.15) is 12.4 Å². The zero-order chi connectivity index (χ0) is 12.5. The second-order valence-corrected chi connectivity index (χ2v) is 4.82. The van der Waals surface area contributed by atoms with Crippen molar-refractivity contribution in [1.29, 1.82) is 0 Å². The van der Waals surface area contributed by atoms with Crippen LogP contribution >= 0.6 is 11.3 Å². The van der Waals surface area contributed by atoms with E-state index in [0.29, 0.717) is 5.56 Å². The monoisotopic (exact) mass is 258 g/mol. The number of imidazole rings is 1. The van der Waals surface area contributed by atoms with Gasteiger partial charge < -0.3 is 10.1 Å². The Morgan fingerprint density at radius 1 is 1.39 bits per heavy atom. The highest BCUT2D eigenvalue weighted by Gasteiger charge is 2.09. The van der Waals surface area contributed by atoms with Crippen molar-refractivity contribution in [3.8, 4) is 10.7 Å². The van der Waals surface area contributed by atoms with Crippen LogP contribution in [0.25, 0.3) is 21.7 Å². The molecule has 0 radical (unpaired) electrons. The molecule has 0 bridgehead atoms. The Hall–Kier alpha value is -1.98. The van der Waals surface area contributed by atoms with Gasteiger partial charge in [-0.15, -0.1) is 11.3 Å². The third-order valence-electron chi connectivity index (χ3n) is 2.70. The molecule has 0 aliphatic carbocycles. The van der Waals surface area contributed by atoms with Crippen molar-refractivity contribution in [3.63, 3.8) is 0 Å². The average Bonchev–Trinajstić information content (AvgIpc) is 3.04. The molecule has 0 saturated carbocycles. The molecule has 0 unspecified atom stereocenters. The molecule has 0 spiro atoms. The van der Waals surface area contributed by atoms with Crippen molar-refractivity contribution in [3.05, 3.63) is 41.3 Å². The van der Waals surface area contributed by atoms with E-state index in [1.54, 1.807) is 29.5 Å². The van der Waals surface area contributed by atoms with Gasteiger partial charge in [0.25, 0.3) is 0 Å². The van der Waals surface area contributed by atoms with Gasteiger partial charge in [0.2, 0.25) is 0 Å². The largest absolute Gasteiger partial charge is 0.388 e. The smallest absolute Gasteiger partial charge is 0.188 e. The Labute approximate surface area is 107 Å². The number of aliphatic hydroxyl groups excluding tert-OH is 1. The van der Waals surface area contributed by atoms with E-state index in [0.717, 1.165) is 21.7 Å². The molecular formula is C13H10N2O2S. The van der Waals surface area contributed by atoms with Crippen molar-refractivity contribution in [2.75, 3.05) is 6.61 Å². The third-order valence-corrected chi connectivity index (χ3v) is 3.58. The molecule has 5 heteroatoms. The summed E-state index contributed by atoms with van der Waals surface area (Å²) in [6.45, 7) is -0.475. The van der Waals surface area contributed by atoms with Crippen molar-refractivity contribution in [2.24, 2.45) is 0 Å². The standard InChI is InChI=1S/C13H10N2O2S/c16-7-11(17)8-3-4-9-10(6-8)15-13(14-9)12-2-1-5-18-12/h1-6,16H,7H2,(H,14,15). The zero-order valence-electron chi connectivity index (χ0n) is 9.38. The van der Waals surface area contributed by atoms with Crippen molar-refractivity contribution in [2.45, 2.75) is 0 Å². The lowest BCUT2D eigenvalue weighted by atomic mass is 10.1. The Balaban J connectivity index is 2.10. The number of carbonyl (C=O) groups is 1. The van der Waals surface area contributed by atoms with E-state index in [-0.39, 0.29) is 5.78 Å². The molecule has 2 N–H and O–H groups in total. The number of aromatic nitrogens is 2. The van der Waals surface area contributed by atoms with E-state index >= 15 is 0 Å². The van der Waals surface area contributed by atoms with Crippen LogP contribution in [-0.4, -0.2) is 27.5 Å². The summed E-state index contributed by atoms with van der Waals surface area (Å²) >= 11 is 1.61. The number of aromatic amines is 1. The Kier molecular flexibility index (Phi) is 2.70. The summed E-state index contributed by atoms with van der Waals surface area (Å²) in [5.41, 5.74) is 2.11. The van der Waals surface area contributed by atoms with E-state index < -0.39 is 6.61 Å². The van der Waals surface area contributed by atoms with E-state index in [1.165, 1.54) is 0 Å². The summed E-state index contributed by atoms with van der Waals surface area (Å²) in [6.07, 6.45) is 0. The average molecular weight is 258 g/mol. The molecule has 4 nitrogen and oxygen atoms in total. The molecule has 90 valence electrons. The maximum atomic E-state index is 11.4. The van der Waals surface area contributed by atoms with E-state index in [9.17, 15) is 4.79 Å². The fourth-order valence-corrected chi connectivity index (χ4v) is 2.47. The molecule has 2 heterocycles. The first-order valence-corrected chi connectivity index (χ1v) is 6.33. The molecule has 3 rings (SSSR count). The first-order valence-electron chi connectivity index (χ1n) is 5.45. The molecular weight excluding hydrogens is 248 g/mol. The fourth-order valence-electron chi connectivity index (χ4n) is 1.80. The number of nitrogens with one attached hydrogen (secondary N) is 1. The topological polar surface area (TPSA) is 66.0 Å². The zero-order valence-corrected chi connectivity index (χ0v) is 10.2. The van der Waals surface area contributed by atoms with Gasteiger partial charge in [0, 0.05) is 5.56 Å². The lowest BCUT2D eigenvalue weighted by Gasteiger charge is -1.96. The second kappa shape index (κ2) is 4.36. The van der Waals surface area contributed by atoms with Gasteiger partial charge in [-0.05, 0) is 29.6 Å². The van der Waals surface area contributed by atoms with E-state index in [4.69, 9.17) is 5.11 Å². The third kappa shape index (κ3) is 1.83. The highest BCUT2D eigenvalue weighted by molar-refractivity contribution is 7.13. The maximum Gasteiger partial charge on any atom is 0.188 e. The van der Waals surface area contributed by atoms with Crippen LogP contribution in [0.15, 0.2) is 35.7 Å². The number of nitrogens with zero attached hydrogens (tertiary/aromatic N) is 1. The van der Waals surface area contributed by atoms with Crippen LogP contribution in [0.4, 0.5) is 0 Å². The van der Waals surface area contributed by atoms with Gasteiger partial charge >= 0.3 is 0 Å². The van der Waals surface area contributed by atoms with Crippen molar-refractivity contribution >= 4 is 28.2 Å². The highest BCUT2D eigenvalue weighted by Crippen LogP contribution is 2.24. The second-order valence-electron chi connectivity index (χ2n) is 3.88. The minimum atomic E-state index is -0.475. The summed E-state index contributed by atoms with van der Waals surface area (Å²) in [6, 6.07) is 9.14. The minimum absolute atomic E-state index is 0.288. The lowest BCUT2D eigenvalue weighted by molar-refractivity contribution is 0.0904. The van der Waals surface area contributed by atoms with Gasteiger partial charge in [-0.1, -0.05) is 6.07 Å². The predicted molar refractivity (Wildman–Crippen MR) is 70.8 cm³/mol. The van der Waals surface area contributed by atoms with Crippen LogP contribution < -0.4 is 0 Å². The van der Waals surface area contributed by atoms with Crippen LogP contribution in [0.5, 0.6) is 0 Å². The molecule has 3 aromatic rings. The number of aliphatic hydroxyl groups is 1. The summed E-state index contributed by atoms with van der Waals surface area (Å²) in [4.78, 5) is 20.1. The fraction of sp³-hybridized carbons (Fsp3) is 0.0769. The molecule has 18 heavy (non-hydrogen) atoms. The molecule has 0 saturated heterocycles. The van der Waals surface area contributed by atoms with Crippen LogP contribution in [0, 0.1) is 0 Å². The highest BCUT2D eigenvalue weighted by atomic mass is 32.1. The van der Waals surface area contributed by atoms with Gasteiger partial charge in [0.05, 0.1) is 15.9 Å². The summed E-state index contributed by atoms with van der Waals surface area (Å²) in [5, 5.41) is 10.8. The summed E-state index contributed by atoms with van der Waals surface area (Å²) in [5.74, 6) is 0.512. The SMILES string of the molecule is O=C(CO)c1ccc2nc(-c3cccs3)[nH]c2c1. The Morgan fingerprint density at radius 2 is 2.28 bits per heavy atom. The van der Waals surface area contributed by atoms with Crippen LogP contribution in [0.2, 0.25) is 0 Å². The molecule has 0 aliphatic rings. The summed E-state index contributed by atoms with van der Waals surface area (Å²) < 4.78 is 0. The number of H-pyrrole nitrogens is 1. The predicted octanol–water partition coefficient (Wildman–Crippen LogP) is 2.47. The quantitative estimate of drug-likeness (QED) is 0.709. The maximum absolute atomic E-state index is 11.4. The summed E-state index contributed by atoms with van der Waals surface area (Å²) in [7, 11) is 0. The number of hydrogen-bond donors (Lipinski definition) is 2. The molecule has 0 aliphatic heterocycles. The molecule has 0 fully saturated rings. The van der Waals surface area contributed by atoms with Gasteiger partial charge in [-0.25, -0.2) is 4.98 Å². The number of fused-ring (bicyclic) bond motifs is 1. The van der Waals surface area contributed by atoms with E-state index in [1.807, 2.05) is 17.5 Å². The number of Topliss-reactive ketones (excluding diaryl/α,β-unsaturated/α-hetero) is 1. The van der Waals surface area contributed by atoms with Crippen LogP contribution in [0.1, 0.15) is 10.4 Å². The Morgan fingerprint density at radius 3 is 3.00 bits per heavy atom. The van der Waals surface area contributed by atoms with Crippen molar-refractivity contribution < 1.29 is 9.90 Å². The normalized spacial score (nSPS) is 10.9. The molecule has 1 aromatic carbocycles. The molecule has 2 aromatic heterocycles. The van der Waals surface area contributed by atoms with Crippen LogP contribution in [-0.2, 0) is 0 Å². The van der Waals surface area contributed by atoms with Gasteiger partial charge in [-0.2, -0.15) is 0 Å². The minimum Gasteiger partial charge on any atom is -0.388 e. The molecule has 0 atom stereocenters. The van der Waals surface area contributed by atoms with Crippen LogP contribution in [0.3, 0.4) is 0 Å². The number of rotatable bonds is 3. The lowest BCUT2D eigenvalue weighted by Crippen LogP contribution is -2.03. The number of benzene rings is 1. The number of thiophene rings is 1.